The summed E-state index contributed by atoms with van der Waals surface area (Å²) in [5, 5.41) is 0. The lowest BCUT2D eigenvalue weighted by atomic mass is 9.97. The van der Waals surface area contributed by atoms with Crippen molar-refractivity contribution < 1.29 is 19.0 Å². The summed E-state index contributed by atoms with van der Waals surface area (Å²) in [4.78, 5) is 11.0. The highest BCUT2D eigenvalue weighted by atomic mass is 16.5. The number of aldehydes is 1. The van der Waals surface area contributed by atoms with Crippen LogP contribution in [0.2, 0.25) is 0 Å². The zero-order chi connectivity index (χ0) is 11.5. The third kappa shape index (κ3) is 1.65. The van der Waals surface area contributed by atoms with E-state index >= 15 is 0 Å². The Morgan fingerprint density at radius 1 is 1.31 bits per heavy atom. The molecule has 0 saturated carbocycles. The lowest BCUT2D eigenvalue weighted by Gasteiger charge is -2.22. The lowest BCUT2D eigenvalue weighted by Crippen LogP contribution is -2.14. The van der Waals surface area contributed by atoms with Crippen LogP contribution >= 0.6 is 0 Å². The van der Waals surface area contributed by atoms with Crippen LogP contribution in [0.3, 0.4) is 0 Å². The van der Waals surface area contributed by atoms with Gasteiger partial charge in [-0.25, -0.2) is 0 Å². The van der Waals surface area contributed by atoms with Crippen molar-refractivity contribution in [1.29, 1.82) is 0 Å². The zero-order valence-electron chi connectivity index (χ0n) is 9.41. The second-order valence-electron chi connectivity index (χ2n) is 3.58. The highest BCUT2D eigenvalue weighted by Crippen LogP contribution is 2.36. The van der Waals surface area contributed by atoms with Crippen molar-refractivity contribution in [2.45, 2.75) is 13.0 Å². The van der Waals surface area contributed by atoms with Gasteiger partial charge in [0.25, 0.3) is 0 Å². The Morgan fingerprint density at radius 3 is 2.75 bits per heavy atom. The summed E-state index contributed by atoms with van der Waals surface area (Å²) in [6, 6.07) is 1.69. The number of benzene rings is 1. The van der Waals surface area contributed by atoms with Gasteiger partial charge in [0.05, 0.1) is 33.0 Å². The second kappa shape index (κ2) is 4.53. The van der Waals surface area contributed by atoms with Gasteiger partial charge in [0.1, 0.15) is 11.5 Å². The molecule has 86 valence electrons. The first-order valence-electron chi connectivity index (χ1n) is 5.11. The largest absolute Gasteiger partial charge is 0.496 e. The molecule has 0 unspecified atom stereocenters. The summed E-state index contributed by atoms with van der Waals surface area (Å²) < 4.78 is 15.9. The number of hydrogen-bond acceptors (Lipinski definition) is 4. The van der Waals surface area contributed by atoms with Gasteiger partial charge in [-0.2, -0.15) is 0 Å². The van der Waals surface area contributed by atoms with Gasteiger partial charge in [-0.15, -0.1) is 0 Å². The Balaban J connectivity index is 2.64. The lowest BCUT2D eigenvalue weighted by molar-refractivity contribution is 0.106. The molecule has 1 aromatic carbocycles. The molecule has 0 N–H and O–H groups in total. The summed E-state index contributed by atoms with van der Waals surface area (Å²) >= 11 is 0. The van der Waals surface area contributed by atoms with Crippen molar-refractivity contribution >= 4 is 6.29 Å². The summed E-state index contributed by atoms with van der Waals surface area (Å²) in [6.45, 7) is 1.16. The fraction of sp³-hybridized carbons (Fsp3) is 0.417. The molecular weight excluding hydrogens is 208 g/mol. The van der Waals surface area contributed by atoms with Crippen molar-refractivity contribution in [3.63, 3.8) is 0 Å². The van der Waals surface area contributed by atoms with E-state index in [1.54, 1.807) is 20.3 Å². The summed E-state index contributed by atoms with van der Waals surface area (Å²) in [5.41, 5.74) is 2.53. The molecule has 0 spiro atoms. The maximum atomic E-state index is 11.0. The second-order valence-corrected chi connectivity index (χ2v) is 3.58. The minimum absolute atomic E-state index is 0.508. The van der Waals surface area contributed by atoms with E-state index in [0.29, 0.717) is 30.3 Å². The molecule has 1 aromatic rings. The summed E-state index contributed by atoms with van der Waals surface area (Å²) in [6.07, 6.45) is 1.54. The molecule has 0 atom stereocenters. The van der Waals surface area contributed by atoms with E-state index in [1.807, 2.05) is 0 Å². The molecule has 4 nitrogen and oxygen atoms in total. The number of rotatable bonds is 3. The van der Waals surface area contributed by atoms with Crippen LogP contribution in [0.25, 0.3) is 0 Å². The zero-order valence-corrected chi connectivity index (χ0v) is 9.41. The molecule has 0 aromatic heterocycles. The van der Waals surface area contributed by atoms with Crippen LogP contribution < -0.4 is 9.47 Å². The van der Waals surface area contributed by atoms with Crippen LogP contribution in [-0.4, -0.2) is 27.1 Å². The van der Waals surface area contributed by atoms with Gasteiger partial charge >= 0.3 is 0 Å². The van der Waals surface area contributed by atoms with E-state index < -0.39 is 0 Å². The van der Waals surface area contributed by atoms with E-state index in [4.69, 9.17) is 14.2 Å². The Hall–Kier alpha value is -1.55. The third-order valence-electron chi connectivity index (χ3n) is 2.78. The molecule has 4 heteroatoms. The van der Waals surface area contributed by atoms with Gasteiger partial charge in [-0.05, 0) is 12.5 Å². The van der Waals surface area contributed by atoms with Crippen LogP contribution in [0, 0.1) is 0 Å². The molecule has 0 fully saturated rings. The van der Waals surface area contributed by atoms with Gasteiger partial charge in [-0.3, -0.25) is 4.79 Å². The van der Waals surface area contributed by atoms with Gasteiger partial charge in [-0.1, -0.05) is 0 Å². The van der Waals surface area contributed by atoms with Crippen molar-refractivity contribution in [2.75, 3.05) is 20.8 Å². The van der Waals surface area contributed by atoms with Gasteiger partial charge in [0, 0.05) is 11.1 Å². The first-order valence-corrected chi connectivity index (χ1v) is 5.11. The first kappa shape index (κ1) is 11.0. The SMILES string of the molecule is COc1cc(C=O)c(OC)c2c1COCC2. The molecule has 2 rings (SSSR count). The van der Waals surface area contributed by atoms with Gasteiger partial charge < -0.3 is 14.2 Å². The number of carbonyl (C=O) groups excluding carboxylic acids is 1. The normalized spacial score (nSPS) is 14.1. The average molecular weight is 222 g/mol. The number of hydrogen-bond donors (Lipinski definition) is 0. The minimum Gasteiger partial charge on any atom is -0.496 e. The van der Waals surface area contributed by atoms with E-state index in [2.05, 4.69) is 0 Å². The van der Waals surface area contributed by atoms with Crippen molar-refractivity contribution in [1.82, 2.24) is 0 Å². The summed E-state index contributed by atoms with van der Waals surface area (Å²) in [7, 11) is 3.16. The van der Waals surface area contributed by atoms with E-state index in [0.717, 1.165) is 23.8 Å². The van der Waals surface area contributed by atoms with Crippen molar-refractivity contribution in [3.05, 3.63) is 22.8 Å². The molecule has 1 aliphatic heterocycles. The number of fused-ring (bicyclic) bond motifs is 1. The van der Waals surface area contributed by atoms with Gasteiger partial charge in [0.15, 0.2) is 6.29 Å². The van der Waals surface area contributed by atoms with Crippen molar-refractivity contribution in [2.24, 2.45) is 0 Å². The third-order valence-corrected chi connectivity index (χ3v) is 2.78. The van der Waals surface area contributed by atoms with Crippen LogP contribution in [0.1, 0.15) is 21.5 Å². The van der Waals surface area contributed by atoms with Crippen LogP contribution in [0.5, 0.6) is 11.5 Å². The van der Waals surface area contributed by atoms with Crippen molar-refractivity contribution in [3.8, 4) is 11.5 Å². The molecule has 0 radical (unpaired) electrons. The standard InChI is InChI=1S/C12H14O4/c1-14-11-5-8(6-13)12(15-2)9-3-4-16-7-10(9)11/h5-6H,3-4,7H2,1-2H3. The van der Waals surface area contributed by atoms with Crippen LogP contribution in [0.15, 0.2) is 6.07 Å². The average Bonchev–Trinajstić information content (AvgIpc) is 2.36. The highest BCUT2D eigenvalue weighted by molar-refractivity contribution is 5.82. The summed E-state index contributed by atoms with van der Waals surface area (Å²) in [5.74, 6) is 1.34. The Labute approximate surface area is 94.1 Å². The molecular formula is C12H14O4. The quantitative estimate of drug-likeness (QED) is 0.728. The molecule has 0 aliphatic carbocycles. The van der Waals surface area contributed by atoms with E-state index in [-0.39, 0.29) is 0 Å². The maximum absolute atomic E-state index is 11.0. The minimum atomic E-state index is 0.508. The highest BCUT2D eigenvalue weighted by Gasteiger charge is 2.21. The van der Waals surface area contributed by atoms with Crippen LogP contribution in [-0.2, 0) is 17.8 Å². The number of ether oxygens (including phenoxy) is 3. The Morgan fingerprint density at radius 2 is 2.12 bits per heavy atom. The monoisotopic (exact) mass is 222 g/mol. The number of methoxy groups -OCH3 is 2. The fourth-order valence-corrected chi connectivity index (χ4v) is 2.04. The molecule has 16 heavy (non-hydrogen) atoms. The van der Waals surface area contributed by atoms with Crippen LogP contribution in [0.4, 0.5) is 0 Å². The van der Waals surface area contributed by atoms with E-state index in [9.17, 15) is 4.79 Å². The molecule has 0 amide bonds. The van der Waals surface area contributed by atoms with Gasteiger partial charge in [0.2, 0.25) is 0 Å². The molecule has 0 bridgehead atoms. The molecule has 1 heterocycles. The number of carbonyl (C=O) groups is 1. The molecule has 0 saturated heterocycles. The van der Waals surface area contributed by atoms with E-state index in [1.165, 1.54) is 0 Å². The predicted octanol–water partition coefficient (Wildman–Crippen LogP) is 1.59. The smallest absolute Gasteiger partial charge is 0.153 e. The fourth-order valence-electron chi connectivity index (χ4n) is 2.04. The first-order chi connectivity index (χ1) is 7.81. The predicted molar refractivity (Wildman–Crippen MR) is 58.3 cm³/mol. The Kier molecular flexibility index (Phi) is 3.10. The Bertz CT molecular complexity index is 412. The maximum Gasteiger partial charge on any atom is 0.153 e. The molecule has 1 aliphatic rings. The topological polar surface area (TPSA) is 44.8 Å².